The summed E-state index contributed by atoms with van der Waals surface area (Å²) >= 11 is 0. The van der Waals surface area contributed by atoms with Crippen LogP contribution in [0.1, 0.15) is 59.3 Å². The first-order valence-corrected chi connectivity index (χ1v) is 20.2. The Morgan fingerprint density at radius 1 is 0.641 bits per heavy atom. The lowest BCUT2D eigenvalue weighted by molar-refractivity contribution is -0.376. The molecule has 3 aromatic carbocycles. The Morgan fingerprint density at radius 2 is 1.09 bits per heavy atom. The highest BCUT2D eigenvalue weighted by Crippen LogP contribution is 2.51. The number of piperazine rings is 2. The smallest absolute Gasteiger partial charge is 0.369 e. The Morgan fingerprint density at radius 3 is 1.50 bits per heavy atom. The van der Waals surface area contributed by atoms with Gasteiger partial charge >= 0.3 is 30.7 Å². The molecular weight excluding hydrogens is 880 g/mol. The van der Waals surface area contributed by atoms with Crippen LogP contribution in [0.5, 0.6) is 0 Å². The van der Waals surface area contributed by atoms with Crippen molar-refractivity contribution in [2.75, 3.05) is 51.1 Å². The number of amides is 3. The number of rotatable bonds is 10. The molecule has 0 aromatic heterocycles. The van der Waals surface area contributed by atoms with Crippen molar-refractivity contribution in [3.8, 4) is 0 Å². The van der Waals surface area contributed by atoms with E-state index >= 15 is 0 Å². The minimum atomic E-state index is -5.94. The molecular formula is C42H48F12N6O4. The van der Waals surface area contributed by atoms with Gasteiger partial charge in [-0.3, -0.25) is 14.6 Å². The Hall–Kier alpha value is -4.64. The molecule has 0 radical (unpaired) electrons. The van der Waals surface area contributed by atoms with Crippen molar-refractivity contribution in [1.82, 2.24) is 25.3 Å². The molecule has 0 spiro atoms. The molecule has 6 rings (SSSR count). The van der Waals surface area contributed by atoms with Crippen LogP contribution in [0.4, 0.5) is 63.2 Å². The van der Waals surface area contributed by atoms with E-state index in [1.807, 2.05) is 18.7 Å². The minimum absolute atomic E-state index is 0.195. The Kier molecular flexibility index (Phi) is 15.3. The van der Waals surface area contributed by atoms with Gasteiger partial charge in [-0.05, 0) is 68.0 Å². The molecule has 354 valence electrons. The molecule has 22 heteroatoms. The molecule has 64 heavy (non-hydrogen) atoms. The summed E-state index contributed by atoms with van der Waals surface area (Å²) in [5.74, 6) is 0.358. The fourth-order valence-electron chi connectivity index (χ4n) is 7.43. The van der Waals surface area contributed by atoms with Gasteiger partial charge in [0.25, 0.3) is 17.1 Å². The number of anilines is 1. The molecule has 2 atom stereocenters. The van der Waals surface area contributed by atoms with Gasteiger partial charge in [0.2, 0.25) is 0 Å². The maximum absolute atomic E-state index is 13.1. The second-order valence-electron chi connectivity index (χ2n) is 16.3. The van der Waals surface area contributed by atoms with Crippen LogP contribution in [-0.4, -0.2) is 119 Å². The predicted octanol–water partition coefficient (Wildman–Crippen LogP) is 7.67. The lowest BCUT2D eigenvalue weighted by Crippen LogP contribution is -2.54. The number of carbonyl (C=O) groups excluding carboxylic acids is 2. The zero-order valence-electron chi connectivity index (χ0n) is 34.5. The third kappa shape index (κ3) is 11.8. The number of nitrogens with zero attached hydrogens (tertiary/aromatic N) is 3. The predicted molar refractivity (Wildman–Crippen MR) is 210 cm³/mol. The minimum Gasteiger partial charge on any atom is -0.369 e. The van der Waals surface area contributed by atoms with E-state index in [2.05, 4.69) is 20.9 Å². The van der Waals surface area contributed by atoms with Crippen LogP contribution in [0.25, 0.3) is 0 Å². The summed E-state index contributed by atoms with van der Waals surface area (Å²) in [5.41, 5.74) is -10.3. The lowest BCUT2D eigenvalue weighted by atomic mass is 9.91. The van der Waals surface area contributed by atoms with Gasteiger partial charge in [-0.25, -0.2) is 4.79 Å². The highest BCUT2D eigenvalue weighted by atomic mass is 19.4. The van der Waals surface area contributed by atoms with E-state index in [-0.39, 0.29) is 30.6 Å². The molecule has 10 nitrogen and oxygen atoms in total. The number of halogens is 12. The van der Waals surface area contributed by atoms with Gasteiger partial charge in [0, 0.05) is 93.4 Å². The van der Waals surface area contributed by atoms with Crippen molar-refractivity contribution in [1.29, 1.82) is 0 Å². The molecule has 3 aliphatic rings. The van der Waals surface area contributed by atoms with Crippen molar-refractivity contribution >= 4 is 17.6 Å². The Bertz CT molecular complexity index is 2000. The van der Waals surface area contributed by atoms with Crippen LogP contribution in [0.15, 0.2) is 72.8 Å². The molecule has 3 aromatic rings. The highest BCUT2D eigenvalue weighted by Gasteiger charge is 2.72. The number of alkyl halides is 12. The van der Waals surface area contributed by atoms with Crippen LogP contribution >= 0.6 is 0 Å². The largest absolute Gasteiger partial charge is 0.430 e. The van der Waals surface area contributed by atoms with Gasteiger partial charge < -0.3 is 31.1 Å². The fourth-order valence-corrected chi connectivity index (χ4v) is 7.43. The van der Waals surface area contributed by atoms with Crippen LogP contribution < -0.4 is 16.0 Å². The van der Waals surface area contributed by atoms with E-state index in [9.17, 15) is 72.5 Å². The number of benzene rings is 3. The van der Waals surface area contributed by atoms with E-state index in [1.54, 1.807) is 29.2 Å². The zero-order chi connectivity index (χ0) is 47.5. The van der Waals surface area contributed by atoms with Gasteiger partial charge in [-0.15, -0.1) is 0 Å². The average Bonchev–Trinajstić information content (AvgIpc) is 4.04. The van der Waals surface area contributed by atoms with Crippen LogP contribution in [0.3, 0.4) is 0 Å². The summed E-state index contributed by atoms with van der Waals surface area (Å²) in [5, 5.41) is 27.7. The third-order valence-electron chi connectivity index (χ3n) is 11.3. The first-order valence-electron chi connectivity index (χ1n) is 20.2. The van der Waals surface area contributed by atoms with Crippen LogP contribution in [-0.2, 0) is 24.3 Å². The van der Waals surface area contributed by atoms with Gasteiger partial charge in [0.1, 0.15) is 0 Å². The fraction of sp³-hybridized carbons (Fsp3) is 0.524. The molecule has 3 fully saturated rings. The molecule has 1 aliphatic carbocycles. The molecule has 0 unspecified atom stereocenters. The number of carbonyl (C=O) groups is 2. The maximum Gasteiger partial charge on any atom is 0.430 e. The summed E-state index contributed by atoms with van der Waals surface area (Å²) in [6.07, 6.45) is -21.4. The maximum atomic E-state index is 13.1. The highest BCUT2D eigenvalue weighted by molar-refractivity contribution is 5.95. The topological polar surface area (TPSA) is 120 Å². The second-order valence-corrected chi connectivity index (χ2v) is 16.3. The standard InChI is InChI=1S/C27H30F6N4O3.C15H18F6N2O/c1-17-15-36(16-19-4-8-21(9-5-19)25(40,26(28,29)30)27(31,32)33)12-13-37(17)23(38)20-6-10-22(11-7-20)35-24(39)34-14-18-2-3-18;1-10-8-23(7-6-22-10)9-11-2-4-12(5-3-11)13(24,14(16,17)18)15(19,20)21/h4-11,17-18,40H,2-3,12-16H2,1H3,(H2,34,35,39);2-5,10,22,24H,6-9H2,1H3/t17-;10-/m11/s1. The monoisotopic (exact) mass is 928 g/mol. The second kappa shape index (κ2) is 19.4. The zero-order valence-corrected chi connectivity index (χ0v) is 34.5. The van der Waals surface area contributed by atoms with E-state index < -0.39 is 47.0 Å². The van der Waals surface area contributed by atoms with E-state index in [4.69, 9.17) is 0 Å². The number of aliphatic hydroxyl groups is 2. The average molecular weight is 929 g/mol. The first kappa shape index (κ1) is 50.4. The number of hydrogen-bond acceptors (Lipinski definition) is 7. The molecule has 2 saturated heterocycles. The SMILES string of the molecule is C[C@@H]1CN(Cc2ccc(C(O)(C(F)(F)F)C(F)(F)F)cc2)CCN1.C[C@@H]1CN(Cc2ccc(C(O)(C(F)(F)F)C(F)(F)F)cc2)CCN1C(=O)c1ccc(NC(=O)NCC2CC2)cc1. The van der Waals surface area contributed by atoms with Crippen molar-refractivity contribution in [3.63, 3.8) is 0 Å². The third-order valence-corrected chi connectivity index (χ3v) is 11.3. The summed E-state index contributed by atoms with van der Waals surface area (Å²) < 4.78 is 156. The summed E-state index contributed by atoms with van der Waals surface area (Å²) in [7, 11) is 0. The number of urea groups is 1. The van der Waals surface area contributed by atoms with E-state index in [1.165, 1.54) is 12.1 Å². The van der Waals surface area contributed by atoms with Crippen LogP contribution in [0, 0.1) is 5.92 Å². The molecule has 2 aliphatic heterocycles. The molecule has 2 heterocycles. The summed E-state index contributed by atoms with van der Waals surface area (Å²) in [6, 6.07) is 13.5. The molecule has 5 N–H and O–H groups in total. The van der Waals surface area contributed by atoms with Gasteiger partial charge in [-0.2, -0.15) is 52.7 Å². The van der Waals surface area contributed by atoms with Gasteiger partial charge in [0.15, 0.2) is 0 Å². The summed E-state index contributed by atoms with van der Waals surface area (Å²) in [6.45, 7) is 8.61. The van der Waals surface area contributed by atoms with Crippen LogP contribution in [0.2, 0.25) is 0 Å². The van der Waals surface area contributed by atoms with Gasteiger partial charge in [-0.1, -0.05) is 48.5 Å². The summed E-state index contributed by atoms with van der Waals surface area (Å²) in [4.78, 5) is 30.7. The van der Waals surface area contributed by atoms with Gasteiger partial charge in [0.05, 0.1) is 0 Å². The Labute approximate surface area is 360 Å². The van der Waals surface area contributed by atoms with Crippen molar-refractivity contribution in [2.45, 2.75) is 87.8 Å². The Balaban J connectivity index is 0.000000274. The number of hydrogen-bond donors (Lipinski definition) is 5. The lowest BCUT2D eigenvalue weighted by Gasteiger charge is -2.40. The van der Waals surface area contributed by atoms with Crippen molar-refractivity contribution < 1.29 is 72.5 Å². The molecule has 1 saturated carbocycles. The van der Waals surface area contributed by atoms with E-state index in [0.717, 1.165) is 44.6 Å². The molecule has 3 amide bonds. The number of nitrogens with one attached hydrogen (secondary N) is 3. The first-order chi connectivity index (χ1) is 29.6. The normalized spacial score (nSPS) is 19.7. The van der Waals surface area contributed by atoms with Crippen molar-refractivity contribution in [2.24, 2.45) is 5.92 Å². The van der Waals surface area contributed by atoms with Crippen molar-refractivity contribution in [3.05, 3.63) is 101 Å². The molecule has 0 bridgehead atoms. The van der Waals surface area contributed by atoms with E-state index in [0.29, 0.717) is 85.3 Å². The quantitative estimate of drug-likeness (QED) is 0.133.